The lowest BCUT2D eigenvalue weighted by Crippen LogP contribution is -2.37. The summed E-state index contributed by atoms with van der Waals surface area (Å²) in [6.45, 7) is 11.4. The first-order valence-corrected chi connectivity index (χ1v) is 13.5. The van der Waals surface area contributed by atoms with Gasteiger partial charge in [-0.25, -0.2) is 0 Å². The highest BCUT2D eigenvalue weighted by atomic mass is 16.5. The lowest BCUT2D eigenvalue weighted by molar-refractivity contribution is -0.120. The van der Waals surface area contributed by atoms with Crippen molar-refractivity contribution in [1.82, 2.24) is 0 Å². The van der Waals surface area contributed by atoms with Crippen molar-refractivity contribution in [2.75, 3.05) is 6.61 Å². The minimum Gasteiger partial charge on any atom is -0.494 e. The number of rotatable bonds is 9. The van der Waals surface area contributed by atoms with Crippen LogP contribution in [0.15, 0.2) is 46.9 Å². The zero-order valence-corrected chi connectivity index (χ0v) is 22.3. The van der Waals surface area contributed by atoms with Gasteiger partial charge in [-0.1, -0.05) is 78.9 Å². The molecule has 0 amide bonds. The van der Waals surface area contributed by atoms with Crippen LogP contribution in [0.5, 0.6) is 5.75 Å². The highest BCUT2D eigenvalue weighted by Gasteiger charge is 2.47. The summed E-state index contributed by atoms with van der Waals surface area (Å²) >= 11 is 0. The molecule has 0 radical (unpaired) electrons. The van der Waals surface area contributed by atoms with Crippen LogP contribution < -0.4 is 4.74 Å². The van der Waals surface area contributed by atoms with E-state index in [-0.39, 0.29) is 28.3 Å². The molecular weight excluding hydrogens is 436 g/mol. The van der Waals surface area contributed by atoms with Gasteiger partial charge in [0.15, 0.2) is 11.6 Å². The third-order valence-electron chi connectivity index (χ3n) is 7.56. The largest absolute Gasteiger partial charge is 0.494 e. The summed E-state index contributed by atoms with van der Waals surface area (Å²) in [5.41, 5.74) is 2.08. The Morgan fingerprint density at radius 1 is 0.771 bits per heavy atom. The predicted molar refractivity (Wildman–Crippen MR) is 139 cm³/mol. The molecule has 190 valence electrons. The zero-order chi connectivity index (χ0) is 25.2. The first-order chi connectivity index (χ1) is 16.6. The van der Waals surface area contributed by atoms with Gasteiger partial charge in [-0.05, 0) is 34.9 Å². The molecule has 1 aromatic rings. The number of carbonyl (C=O) groups excluding carboxylic acids is 2. The summed E-state index contributed by atoms with van der Waals surface area (Å²) in [6.07, 6.45) is 9.80. The topological polar surface area (TPSA) is 52.6 Å². The van der Waals surface area contributed by atoms with E-state index in [4.69, 9.17) is 9.47 Å². The van der Waals surface area contributed by atoms with Crippen LogP contribution in [0.25, 0.3) is 0 Å². The Morgan fingerprint density at radius 2 is 1.29 bits per heavy atom. The third-order valence-corrected chi connectivity index (χ3v) is 7.56. The molecule has 0 spiro atoms. The van der Waals surface area contributed by atoms with Gasteiger partial charge in [-0.15, -0.1) is 0 Å². The smallest absolute Gasteiger partial charge is 0.163 e. The number of unbranched alkanes of at least 4 members (excludes halogenated alkanes) is 5. The normalized spacial score (nSPS) is 21.5. The zero-order valence-electron chi connectivity index (χ0n) is 22.3. The number of carbonyl (C=O) groups is 2. The van der Waals surface area contributed by atoms with Crippen molar-refractivity contribution in [2.45, 2.75) is 105 Å². The molecule has 2 aliphatic carbocycles. The van der Waals surface area contributed by atoms with Crippen molar-refractivity contribution < 1.29 is 19.1 Å². The maximum Gasteiger partial charge on any atom is 0.163 e. The van der Waals surface area contributed by atoms with E-state index in [1.54, 1.807) is 0 Å². The maximum absolute atomic E-state index is 13.4. The second-order valence-corrected chi connectivity index (χ2v) is 12.3. The van der Waals surface area contributed by atoms with E-state index in [0.717, 1.165) is 42.1 Å². The monoisotopic (exact) mass is 478 g/mol. The molecule has 0 aromatic heterocycles. The van der Waals surface area contributed by atoms with Crippen LogP contribution in [0.2, 0.25) is 0 Å². The Bertz CT molecular complexity index is 971. The Morgan fingerprint density at radius 3 is 1.83 bits per heavy atom. The van der Waals surface area contributed by atoms with E-state index >= 15 is 0 Å². The van der Waals surface area contributed by atoms with Gasteiger partial charge in [0.25, 0.3) is 0 Å². The minimum atomic E-state index is -0.339. The molecule has 0 N–H and O–H groups in total. The summed E-state index contributed by atoms with van der Waals surface area (Å²) in [4.78, 5) is 26.8. The fourth-order valence-corrected chi connectivity index (χ4v) is 5.84. The van der Waals surface area contributed by atoms with Gasteiger partial charge in [-0.3, -0.25) is 9.59 Å². The molecule has 4 nitrogen and oxygen atoms in total. The number of ketones is 2. The lowest BCUT2D eigenvalue weighted by atomic mass is 9.65. The molecule has 1 aromatic carbocycles. The van der Waals surface area contributed by atoms with Crippen molar-refractivity contribution in [3.63, 3.8) is 0 Å². The summed E-state index contributed by atoms with van der Waals surface area (Å²) in [5, 5.41) is 0. The van der Waals surface area contributed by atoms with E-state index in [1.165, 1.54) is 32.1 Å². The minimum absolute atomic E-state index is 0.105. The second kappa shape index (κ2) is 10.3. The Balaban J connectivity index is 1.56. The Hall–Kier alpha value is -2.36. The highest BCUT2D eigenvalue weighted by molar-refractivity contribution is 6.06. The van der Waals surface area contributed by atoms with Crippen molar-refractivity contribution >= 4 is 11.6 Å². The number of allylic oxidation sites excluding steroid dienone is 4. The average Bonchev–Trinajstić information content (AvgIpc) is 2.76. The van der Waals surface area contributed by atoms with Crippen LogP contribution in [0, 0.1) is 10.8 Å². The van der Waals surface area contributed by atoms with Crippen molar-refractivity contribution in [3.8, 4) is 5.75 Å². The van der Waals surface area contributed by atoms with Crippen molar-refractivity contribution in [1.29, 1.82) is 0 Å². The number of benzene rings is 1. The molecule has 0 unspecified atom stereocenters. The van der Waals surface area contributed by atoms with Gasteiger partial charge in [0.1, 0.15) is 17.3 Å². The van der Waals surface area contributed by atoms with E-state index in [1.807, 2.05) is 24.3 Å². The number of hydrogen-bond donors (Lipinski definition) is 0. The fraction of sp³-hybridized carbons (Fsp3) is 0.613. The SMILES string of the molecule is CCCCCCCCOc1ccc(C2C3=C(CC(C)(C)CC3=O)OC3=C2C(=O)CC(C)(C)C3)cc1. The van der Waals surface area contributed by atoms with E-state index < -0.39 is 0 Å². The van der Waals surface area contributed by atoms with Crippen molar-refractivity contribution in [3.05, 3.63) is 52.5 Å². The lowest BCUT2D eigenvalue weighted by Gasteiger charge is -2.42. The summed E-state index contributed by atoms with van der Waals surface area (Å²) < 4.78 is 12.4. The Kier molecular flexibility index (Phi) is 7.59. The van der Waals surface area contributed by atoms with E-state index in [9.17, 15) is 9.59 Å². The molecule has 0 bridgehead atoms. The van der Waals surface area contributed by atoms with Gasteiger partial charge in [-0.2, -0.15) is 0 Å². The van der Waals surface area contributed by atoms with Crippen molar-refractivity contribution in [2.24, 2.45) is 10.8 Å². The van der Waals surface area contributed by atoms with E-state index in [2.05, 4.69) is 34.6 Å². The quantitative estimate of drug-likeness (QED) is 0.339. The van der Waals surface area contributed by atoms with Crippen LogP contribution in [-0.4, -0.2) is 18.2 Å². The number of hydrogen-bond acceptors (Lipinski definition) is 4. The van der Waals surface area contributed by atoms with Crippen LogP contribution in [-0.2, 0) is 14.3 Å². The third kappa shape index (κ3) is 5.90. The number of ether oxygens (including phenoxy) is 2. The molecule has 0 saturated heterocycles. The van der Waals surface area contributed by atoms with Gasteiger partial charge in [0, 0.05) is 42.7 Å². The van der Waals surface area contributed by atoms with Crippen LogP contribution in [0.4, 0.5) is 0 Å². The first-order valence-electron chi connectivity index (χ1n) is 13.5. The fourth-order valence-electron chi connectivity index (χ4n) is 5.84. The summed E-state index contributed by atoms with van der Waals surface area (Å²) in [7, 11) is 0. The predicted octanol–water partition coefficient (Wildman–Crippen LogP) is 7.83. The standard InChI is InChI=1S/C31H42O4/c1-6-7-8-9-10-11-16-34-22-14-12-21(13-15-22)27-28-23(32)17-30(2,3)19-25(28)35-26-20-31(4,5)18-24(33)29(26)27/h12-15,27H,6-11,16-20H2,1-5H3. The number of Topliss-reactive ketones (excluding diaryl/α,β-unsaturated/α-hetero) is 2. The van der Waals surface area contributed by atoms with Crippen LogP contribution in [0.1, 0.15) is 110 Å². The highest BCUT2D eigenvalue weighted by Crippen LogP contribution is 2.53. The molecule has 4 rings (SSSR count). The first kappa shape index (κ1) is 25.7. The van der Waals surface area contributed by atoms with E-state index in [0.29, 0.717) is 30.6 Å². The molecule has 35 heavy (non-hydrogen) atoms. The molecule has 1 aliphatic heterocycles. The van der Waals surface area contributed by atoms with Crippen LogP contribution >= 0.6 is 0 Å². The molecule has 0 saturated carbocycles. The maximum atomic E-state index is 13.4. The van der Waals surface area contributed by atoms with Gasteiger partial charge in [0.05, 0.1) is 6.61 Å². The second-order valence-electron chi connectivity index (χ2n) is 12.3. The Labute approximate surface area is 211 Å². The van der Waals surface area contributed by atoms with Gasteiger partial charge >= 0.3 is 0 Å². The van der Waals surface area contributed by atoms with Gasteiger partial charge in [0.2, 0.25) is 0 Å². The molecule has 4 heteroatoms. The molecule has 3 aliphatic rings. The molecule has 0 atom stereocenters. The summed E-state index contributed by atoms with van der Waals surface area (Å²) in [6, 6.07) is 8.03. The van der Waals surface area contributed by atoms with Crippen LogP contribution in [0.3, 0.4) is 0 Å². The summed E-state index contributed by atoms with van der Waals surface area (Å²) in [5.74, 6) is 2.24. The van der Waals surface area contributed by atoms with Gasteiger partial charge < -0.3 is 9.47 Å². The molecular formula is C31H42O4. The average molecular weight is 479 g/mol. The molecule has 0 fully saturated rings. The molecule has 1 heterocycles.